The average Bonchev–Trinajstić information content (AvgIpc) is 2.87. The van der Waals surface area contributed by atoms with Crippen LogP contribution >= 0.6 is 0 Å². The molecule has 0 spiro atoms. The van der Waals surface area contributed by atoms with Crippen molar-refractivity contribution < 1.29 is 96.0 Å². The van der Waals surface area contributed by atoms with Crippen LogP contribution in [-0.2, 0) is 14.2 Å². The molecule has 0 saturated heterocycles. The van der Waals surface area contributed by atoms with Crippen molar-refractivity contribution in [3.8, 4) is 0 Å². The standard InChI is InChI=1S/C29H56O7.2Na.2H/c1-3-5-7-9-11-13-14-16-18-20-22-26(21-19-17-15-12-10-8-6-4-2)24-34-28(32)36-29(33)35-25-27(31)23-30;;;;/h26-27,30-31H,3-25H2,1-2H3;;;;/q;2*+1;2*-1. The van der Waals surface area contributed by atoms with Crippen molar-refractivity contribution in [3.63, 3.8) is 0 Å². The van der Waals surface area contributed by atoms with Crippen molar-refractivity contribution in [2.24, 2.45) is 5.92 Å². The van der Waals surface area contributed by atoms with Crippen LogP contribution in [0, 0.1) is 5.92 Å². The molecule has 0 rings (SSSR count). The Hall–Kier alpha value is 0.660. The van der Waals surface area contributed by atoms with Crippen LogP contribution in [0.2, 0.25) is 0 Å². The van der Waals surface area contributed by atoms with E-state index in [0.717, 1.165) is 25.7 Å². The van der Waals surface area contributed by atoms with Crippen LogP contribution in [-0.4, -0.2) is 48.4 Å². The molecule has 0 amide bonds. The van der Waals surface area contributed by atoms with Crippen LogP contribution in [0.25, 0.3) is 0 Å². The fourth-order valence-corrected chi connectivity index (χ4v) is 4.33. The van der Waals surface area contributed by atoms with E-state index in [1.165, 1.54) is 103 Å². The Morgan fingerprint density at radius 3 is 1.32 bits per heavy atom. The van der Waals surface area contributed by atoms with Crippen LogP contribution in [0.1, 0.15) is 145 Å². The van der Waals surface area contributed by atoms with Crippen LogP contribution in [0.15, 0.2) is 0 Å². The van der Waals surface area contributed by atoms with Crippen molar-refractivity contribution in [1.29, 1.82) is 0 Å². The third kappa shape index (κ3) is 31.2. The summed E-state index contributed by atoms with van der Waals surface area (Å²) in [6.45, 7) is 3.73. The maximum atomic E-state index is 11.9. The summed E-state index contributed by atoms with van der Waals surface area (Å²) in [5.41, 5.74) is 0. The van der Waals surface area contributed by atoms with E-state index >= 15 is 0 Å². The molecule has 0 aliphatic rings. The molecule has 0 aromatic carbocycles. The summed E-state index contributed by atoms with van der Waals surface area (Å²) >= 11 is 0. The Morgan fingerprint density at radius 2 is 0.947 bits per heavy atom. The molecule has 218 valence electrons. The summed E-state index contributed by atoms with van der Waals surface area (Å²) in [6, 6.07) is 0. The predicted molar refractivity (Wildman–Crippen MR) is 146 cm³/mol. The van der Waals surface area contributed by atoms with Gasteiger partial charge in [-0.05, 0) is 18.8 Å². The number of ether oxygens (including phenoxy) is 3. The first-order valence-electron chi connectivity index (χ1n) is 14.8. The van der Waals surface area contributed by atoms with E-state index in [1.54, 1.807) is 0 Å². The second kappa shape index (κ2) is 33.9. The van der Waals surface area contributed by atoms with E-state index in [-0.39, 0.29) is 74.5 Å². The van der Waals surface area contributed by atoms with Crippen molar-refractivity contribution in [2.75, 3.05) is 19.8 Å². The Morgan fingerprint density at radius 1 is 0.605 bits per heavy atom. The van der Waals surface area contributed by atoms with Crippen LogP contribution in [0.4, 0.5) is 9.59 Å². The second-order valence-electron chi connectivity index (χ2n) is 10.2. The molecule has 0 fully saturated rings. The molecule has 0 radical (unpaired) electrons. The molecule has 0 saturated carbocycles. The molecule has 0 aromatic rings. The summed E-state index contributed by atoms with van der Waals surface area (Å²) in [6.07, 6.45) is 21.5. The van der Waals surface area contributed by atoms with Crippen molar-refractivity contribution in [1.82, 2.24) is 0 Å². The van der Waals surface area contributed by atoms with Gasteiger partial charge in [0, 0.05) is 0 Å². The molecule has 38 heavy (non-hydrogen) atoms. The second-order valence-corrected chi connectivity index (χ2v) is 10.2. The minimum atomic E-state index is -1.23. The largest absolute Gasteiger partial charge is 1.00 e. The van der Waals surface area contributed by atoms with Crippen molar-refractivity contribution in [3.05, 3.63) is 0 Å². The number of carbonyl (C=O) groups is 2. The molecule has 0 aliphatic heterocycles. The average molecular weight is 565 g/mol. The molecule has 2 N–H and O–H groups in total. The van der Waals surface area contributed by atoms with E-state index in [0.29, 0.717) is 0 Å². The van der Waals surface area contributed by atoms with Crippen LogP contribution < -0.4 is 59.1 Å². The smallest absolute Gasteiger partial charge is 1.00 e. The van der Waals surface area contributed by atoms with E-state index in [9.17, 15) is 14.7 Å². The molecule has 2 unspecified atom stereocenters. The molecule has 7 nitrogen and oxygen atoms in total. The van der Waals surface area contributed by atoms with Gasteiger partial charge in [-0.25, -0.2) is 9.59 Å². The third-order valence-corrected chi connectivity index (χ3v) is 6.64. The van der Waals surface area contributed by atoms with Gasteiger partial charge in [-0.1, -0.05) is 129 Å². The van der Waals surface area contributed by atoms with Gasteiger partial charge in [-0.2, -0.15) is 0 Å². The van der Waals surface area contributed by atoms with Crippen molar-refractivity contribution in [2.45, 2.75) is 148 Å². The Kier molecular flexibility index (Phi) is 38.4. The van der Waals surface area contributed by atoms with Gasteiger partial charge in [0.1, 0.15) is 12.7 Å². The minimum absolute atomic E-state index is 0. The maximum Gasteiger partial charge on any atom is 1.00 e. The van der Waals surface area contributed by atoms with Gasteiger partial charge >= 0.3 is 71.4 Å². The van der Waals surface area contributed by atoms with Gasteiger partial charge in [-0.15, -0.1) is 0 Å². The first kappa shape index (κ1) is 43.1. The van der Waals surface area contributed by atoms with Gasteiger partial charge in [0.15, 0.2) is 0 Å². The Balaban J connectivity index is -0.00000102. The Labute approximate surface area is 280 Å². The molecular formula is C29H58Na2O7. The van der Waals surface area contributed by atoms with E-state index in [2.05, 4.69) is 23.3 Å². The van der Waals surface area contributed by atoms with Crippen molar-refractivity contribution >= 4 is 12.3 Å². The Bertz CT molecular complexity index is 521. The zero-order valence-corrected chi connectivity index (χ0v) is 29.4. The van der Waals surface area contributed by atoms with Gasteiger partial charge in [0.2, 0.25) is 0 Å². The molecule has 0 aliphatic carbocycles. The van der Waals surface area contributed by atoms with Crippen LogP contribution in [0.5, 0.6) is 0 Å². The first-order valence-corrected chi connectivity index (χ1v) is 14.8. The summed E-state index contributed by atoms with van der Waals surface area (Å²) in [4.78, 5) is 23.3. The fourth-order valence-electron chi connectivity index (χ4n) is 4.33. The maximum absolute atomic E-state index is 11.9. The summed E-state index contributed by atoms with van der Waals surface area (Å²) in [5, 5.41) is 17.9. The molecule has 9 heteroatoms. The summed E-state index contributed by atoms with van der Waals surface area (Å²) in [7, 11) is 0. The van der Waals surface area contributed by atoms with E-state index in [4.69, 9.17) is 9.84 Å². The molecule has 0 aromatic heterocycles. The molecule has 2 atom stereocenters. The zero-order valence-electron chi connectivity index (χ0n) is 27.4. The quantitative estimate of drug-likeness (QED) is 0.0760. The molecule has 0 heterocycles. The minimum Gasteiger partial charge on any atom is -1.00 e. The normalized spacial score (nSPS) is 12.1. The summed E-state index contributed by atoms with van der Waals surface area (Å²) < 4.78 is 14.2. The van der Waals surface area contributed by atoms with Gasteiger partial charge < -0.3 is 27.3 Å². The topological polar surface area (TPSA) is 102 Å². The fraction of sp³-hybridized carbons (Fsp3) is 0.931. The van der Waals surface area contributed by atoms with E-state index < -0.39 is 31.6 Å². The van der Waals surface area contributed by atoms with Gasteiger partial charge in [0.25, 0.3) is 0 Å². The number of aliphatic hydroxyl groups excluding tert-OH is 2. The SMILES string of the molecule is CCCCCCCCCCCCC(CCCCCCCCCC)COC(=O)OC(=O)OCC(O)CO.[H-].[H-].[Na+].[Na+]. The van der Waals surface area contributed by atoms with Gasteiger partial charge in [0.05, 0.1) is 13.2 Å². The van der Waals surface area contributed by atoms with E-state index in [1.807, 2.05) is 0 Å². The molecule has 0 bridgehead atoms. The first-order chi connectivity index (χ1) is 17.5. The number of unbranched alkanes of at least 4 members (excludes halogenated alkanes) is 16. The van der Waals surface area contributed by atoms with Crippen LogP contribution in [0.3, 0.4) is 0 Å². The van der Waals surface area contributed by atoms with Gasteiger partial charge in [-0.3, -0.25) is 0 Å². The summed E-state index contributed by atoms with van der Waals surface area (Å²) in [5.74, 6) is 0.263. The zero-order chi connectivity index (χ0) is 26.7. The number of carbonyl (C=O) groups excluding carboxylic acids is 2. The third-order valence-electron chi connectivity index (χ3n) is 6.64. The number of rotatable bonds is 25. The monoisotopic (exact) mass is 564 g/mol. The number of hydrogen-bond acceptors (Lipinski definition) is 7. The number of aliphatic hydroxyl groups is 2. The molecular weight excluding hydrogens is 506 g/mol. The number of hydrogen-bond donors (Lipinski definition) is 2. The predicted octanol–water partition coefficient (Wildman–Crippen LogP) is 2.32.